The number of carbonyl (C=O) groups excluding carboxylic acids is 2. The molecule has 0 heterocycles. The molecule has 1 rings (SSSR count). The third-order valence-electron chi connectivity index (χ3n) is 3.51. The van der Waals surface area contributed by atoms with Crippen LogP contribution in [0.3, 0.4) is 0 Å². The Hall–Kier alpha value is -3.23. The fraction of sp³-hybridized carbons (Fsp3) is 0.211. The Morgan fingerprint density at radius 1 is 0.967 bits per heavy atom. The van der Waals surface area contributed by atoms with Gasteiger partial charge < -0.3 is 9.47 Å². The van der Waals surface area contributed by atoms with E-state index in [0.717, 1.165) is 0 Å². The second kappa shape index (κ2) is 10.5. The minimum absolute atomic E-state index is 0.0509. The molecule has 0 aliphatic rings. The van der Waals surface area contributed by atoms with E-state index in [0.29, 0.717) is 10.8 Å². The van der Waals surface area contributed by atoms with E-state index < -0.39 is 49.2 Å². The van der Waals surface area contributed by atoms with Gasteiger partial charge in [-0.25, -0.2) is 26.4 Å². The highest BCUT2D eigenvalue weighted by Crippen LogP contribution is 2.12. The van der Waals surface area contributed by atoms with Crippen LogP contribution in [0.5, 0.6) is 0 Å². The summed E-state index contributed by atoms with van der Waals surface area (Å²) in [6, 6.07) is 6.67. The van der Waals surface area contributed by atoms with Crippen LogP contribution in [-0.2, 0) is 29.1 Å². The number of nitriles is 1. The van der Waals surface area contributed by atoms with Crippen molar-refractivity contribution in [2.24, 2.45) is 0 Å². The van der Waals surface area contributed by atoms with Gasteiger partial charge in [-0.1, -0.05) is 19.7 Å². The molecule has 0 saturated carbocycles. The number of benzene rings is 1. The second-order valence-corrected chi connectivity index (χ2v) is 9.87. The average molecular weight is 453 g/mol. The maximum Gasteiger partial charge on any atom is 0.338 e. The van der Waals surface area contributed by atoms with Gasteiger partial charge in [-0.3, -0.25) is 0 Å². The lowest BCUT2D eigenvalue weighted by Crippen LogP contribution is -2.32. The fourth-order valence-electron chi connectivity index (χ4n) is 2.00. The zero-order valence-electron chi connectivity index (χ0n) is 15.8. The van der Waals surface area contributed by atoms with Crippen LogP contribution in [0.25, 0.3) is 0 Å². The van der Waals surface area contributed by atoms with E-state index in [1.807, 2.05) is 0 Å². The zero-order chi connectivity index (χ0) is 22.9. The molecule has 1 aromatic rings. The molecule has 0 atom stereocenters. The lowest BCUT2D eigenvalue weighted by atomic mass is 10.1. The van der Waals surface area contributed by atoms with E-state index in [4.69, 9.17) is 14.7 Å². The van der Waals surface area contributed by atoms with Gasteiger partial charge in [-0.2, -0.15) is 5.26 Å². The third kappa shape index (κ3) is 8.02. The molecule has 1 aromatic carbocycles. The molecule has 160 valence electrons. The van der Waals surface area contributed by atoms with E-state index >= 15 is 0 Å². The maximum absolute atomic E-state index is 12.3. The predicted molar refractivity (Wildman–Crippen MR) is 109 cm³/mol. The minimum Gasteiger partial charge on any atom is -0.457 e. The summed E-state index contributed by atoms with van der Waals surface area (Å²) in [5.41, 5.74) is 0.0841. The first-order valence-electron chi connectivity index (χ1n) is 8.19. The lowest BCUT2D eigenvalue weighted by Gasteiger charge is -2.16. The number of hydrogen-bond donors (Lipinski definition) is 0. The molecule has 0 bridgehead atoms. The SMILES string of the molecule is C=CS(=O)(=O)CC(CS(=O)(=O)C=C)OC(=O)c1ccc(C(=O)OCC(=C)C#N)cc1. The quantitative estimate of drug-likeness (QED) is 0.360. The fourth-order valence-corrected chi connectivity index (χ4v) is 3.83. The molecule has 0 N–H and O–H groups in total. The van der Waals surface area contributed by atoms with Crippen molar-refractivity contribution in [1.29, 1.82) is 5.26 Å². The smallest absolute Gasteiger partial charge is 0.338 e. The molecule has 0 fully saturated rings. The molecule has 0 unspecified atom stereocenters. The van der Waals surface area contributed by atoms with Crippen LogP contribution < -0.4 is 0 Å². The standard InChI is InChI=1S/C19H19NO8S2/c1-4-29(23,24)12-17(13-30(25,26)5-2)28-19(22)16-8-6-15(7-9-16)18(21)27-11-14(3)10-20/h4-9,17H,1-3,11-13H2. The number of esters is 2. The predicted octanol–water partition coefficient (Wildman–Crippen LogP) is 1.57. The summed E-state index contributed by atoms with van der Waals surface area (Å²) in [5, 5.41) is 9.85. The van der Waals surface area contributed by atoms with Crippen LogP contribution in [0.2, 0.25) is 0 Å². The van der Waals surface area contributed by atoms with Crippen LogP contribution in [0.15, 0.2) is 60.4 Å². The summed E-state index contributed by atoms with van der Waals surface area (Å²) >= 11 is 0. The van der Waals surface area contributed by atoms with Gasteiger partial charge in [0.1, 0.15) is 12.7 Å². The van der Waals surface area contributed by atoms with E-state index in [1.165, 1.54) is 24.3 Å². The first-order valence-corrected chi connectivity index (χ1v) is 11.6. The van der Waals surface area contributed by atoms with Crippen molar-refractivity contribution < 1.29 is 35.9 Å². The van der Waals surface area contributed by atoms with Gasteiger partial charge in [0.15, 0.2) is 19.7 Å². The van der Waals surface area contributed by atoms with Crippen LogP contribution in [0, 0.1) is 11.3 Å². The molecule has 0 aliphatic heterocycles. The molecule has 0 aromatic heterocycles. The molecular formula is C19H19NO8S2. The van der Waals surface area contributed by atoms with Crippen molar-refractivity contribution in [2.75, 3.05) is 18.1 Å². The van der Waals surface area contributed by atoms with Crippen molar-refractivity contribution in [3.8, 4) is 6.07 Å². The Labute approximate surface area is 174 Å². The molecular weight excluding hydrogens is 434 g/mol. The normalized spacial score (nSPS) is 11.2. The monoisotopic (exact) mass is 453 g/mol. The Morgan fingerprint density at radius 3 is 1.80 bits per heavy atom. The van der Waals surface area contributed by atoms with Crippen LogP contribution in [-0.4, -0.2) is 53.0 Å². The number of nitrogens with zero attached hydrogens (tertiary/aromatic N) is 1. The van der Waals surface area contributed by atoms with Gasteiger partial charge in [-0.05, 0) is 24.3 Å². The van der Waals surface area contributed by atoms with Crippen molar-refractivity contribution in [1.82, 2.24) is 0 Å². The molecule has 0 radical (unpaired) electrons. The number of carbonyl (C=O) groups is 2. The first-order chi connectivity index (χ1) is 13.9. The Balaban J connectivity index is 2.94. The van der Waals surface area contributed by atoms with E-state index in [-0.39, 0.29) is 23.3 Å². The average Bonchev–Trinajstić information content (AvgIpc) is 2.71. The number of rotatable bonds is 11. The summed E-state index contributed by atoms with van der Waals surface area (Å²) in [6.07, 6.45) is -1.50. The Kier molecular flexibility index (Phi) is 8.70. The van der Waals surface area contributed by atoms with Gasteiger partial charge in [0.2, 0.25) is 0 Å². The largest absolute Gasteiger partial charge is 0.457 e. The molecule has 11 heteroatoms. The number of sulfone groups is 2. The summed E-state index contributed by atoms with van der Waals surface area (Å²) in [4.78, 5) is 24.2. The van der Waals surface area contributed by atoms with Gasteiger partial charge in [0.05, 0.1) is 34.3 Å². The molecule has 0 saturated heterocycles. The molecule has 9 nitrogen and oxygen atoms in total. The van der Waals surface area contributed by atoms with E-state index in [1.54, 1.807) is 6.07 Å². The Morgan fingerprint density at radius 2 is 1.40 bits per heavy atom. The first kappa shape index (κ1) is 24.8. The van der Waals surface area contributed by atoms with Crippen LogP contribution >= 0.6 is 0 Å². The van der Waals surface area contributed by atoms with E-state index in [9.17, 15) is 26.4 Å². The number of ether oxygens (including phenoxy) is 2. The van der Waals surface area contributed by atoms with Crippen molar-refractivity contribution in [3.05, 3.63) is 71.5 Å². The molecule has 0 aliphatic carbocycles. The van der Waals surface area contributed by atoms with Gasteiger partial charge >= 0.3 is 11.9 Å². The maximum atomic E-state index is 12.3. The molecule has 0 spiro atoms. The number of hydrogen-bond acceptors (Lipinski definition) is 9. The van der Waals surface area contributed by atoms with Crippen molar-refractivity contribution >= 4 is 31.6 Å². The van der Waals surface area contributed by atoms with E-state index in [2.05, 4.69) is 19.7 Å². The summed E-state index contributed by atoms with van der Waals surface area (Å²) < 4.78 is 56.9. The van der Waals surface area contributed by atoms with Gasteiger partial charge in [-0.15, -0.1) is 0 Å². The highest BCUT2D eigenvalue weighted by Gasteiger charge is 2.26. The molecule has 0 amide bonds. The summed E-state index contributed by atoms with van der Waals surface area (Å²) in [5.74, 6) is -3.29. The summed E-state index contributed by atoms with van der Waals surface area (Å²) in [6.45, 7) is 9.35. The highest BCUT2D eigenvalue weighted by atomic mass is 32.2. The second-order valence-electron chi connectivity index (χ2n) is 5.89. The Bertz CT molecular complexity index is 1050. The van der Waals surface area contributed by atoms with Crippen LogP contribution in [0.1, 0.15) is 20.7 Å². The van der Waals surface area contributed by atoms with Gasteiger partial charge in [0, 0.05) is 10.8 Å². The molecule has 30 heavy (non-hydrogen) atoms. The van der Waals surface area contributed by atoms with Crippen molar-refractivity contribution in [3.63, 3.8) is 0 Å². The topological polar surface area (TPSA) is 145 Å². The minimum atomic E-state index is -3.86. The van der Waals surface area contributed by atoms with Crippen molar-refractivity contribution in [2.45, 2.75) is 6.10 Å². The summed E-state index contributed by atoms with van der Waals surface area (Å²) in [7, 11) is -7.73. The highest BCUT2D eigenvalue weighted by molar-refractivity contribution is 7.95. The van der Waals surface area contributed by atoms with Gasteiger partial charge in [0.25, 0.3) is 0 Å². The lowest BCUT2D eigenvalue weighted by molar-refractivity contribution is 0.0388. The van der Waals surface area contributed by atoms with Crippen LogP contribution in [0.4, 0.5) is 0 Å². The third-order valence-corrected chi connectivity index (χ3v) is 6.20. The zero-order valence-corrected chi connectivity index (χ0v) is 17.4.